The minimum atomic E-state index is -0.599. The standard InChI is InChI=1S/C18H19BrClNO3/c1-12(24-17-8-5-14(20)11-16(17)19)18(22)21-10-9-13-3-6-15(23-2)7-4-13/h3-8,11-12H,9-10H2,1-2H3,(H,21,22). The van der Waals surface area contributed by atoms with E-state index >= 15 is 0 Å². The lowest BCUT2D eigenvalue weighted by Crippen LogP contribution is -2.37. The summed E-state index contributed by atoms with van der Waals surface area (Å²) in [6.45, 7) is 2.25. The summed E-state index contributed by atoms with van der Waals surface area (Å²) >= 11 is 9.26. The quantitative estimate of drug-likeness (QED) is 0.740. The van der Waals surface area contributed by atoms with Crippen LogP contribution in [0.25, 0.3) is 0 Å². The summed E-state index contributed by atoms with van der Waals surface area (Å²) in [5, 5.41) is 3.48. The second-order valence-corrected chi connectivity index (χ2v) is 6.51. The largest absolute Gasteiger partial charge is 0.497 e. The fraction of sp³-hybridized carbons (Fsp3) is 0.278. The Hall–Kier alpha value is -1.72. The van der Waals surface area contributed by atoms with Crippen molar-refractivity contribution < 1.29 is 14.3 Å². The third-order valence-electron chi connectivity index (χ3n) is 3.44. The summed E-state index contributed by atoms with van der Waals surface area (Å²) in [4.78, 5) is 12.1. The molecule has 0 aliphatic rings. The molecule has 0 aromatic heterocycles. The highest BCUT2D eigenvalue weighted by Crippen LogP contribution is 2.28. The van der Waals surface area contributed by atoms with Crippen molar-refractivity contribution in [3.8, 4) is 11.5 Å². The van der Waals surface area contributed by atoms with Crippen LogP contribution in [0.3, 0.4) is 0 Å². The maximum atomic E-state index is 12.1. The third-order valence-corrected chi connectivity index (χ3v) is 4.29. The van der Waals surface area contributed by atoms with E-state index in [1.807, 2.05) is 24.3 Å². The zero-order valence-corrected chi connectivity index (χ0v) is 15.9. The number of rotatable bonds is 7. The molecule has 2 aromatic rings. The summed E-state index contributed by atoms with van der Waals surface area (Å²) in [5.41, 5.74) is 1.13. The predicted molar refractivity (Wildman–Crippen MR) is 98.9 cm³/mol. The number of benzene rings is 2. The maximum absolute atomic E-state index is 12.1. The van der Waals surface area contributed by atoms with Crippen molar-refractivity contribution in [2.75, 3.05) is 13.7 Å². The highest BCUT2D eigenvalue weighted by Gasteiger charge is 2.15. The Morgan fingerprint density at radius 2 is 1.96 bits per heavy atom. The number of hydrogen-bond donors (Lipinski definition) is 1. The lowest BCUT2D eigenvalue weighted by molar-refractivity contribution is -0.127. The molecule has 1 amide bonds. The summed E-state index contributed by atoms with van der Waals surface area (Å²) in [7, 11) is 1.63. The van der Waals surface area contributed by atoms with Crippen LogP contribution in [0, 0.1) is 0 Å². The van der Waals surface area contributed by atoms with Gasteiger partial charge in [0.25, 0.3) is 5.91 Å². The molecule has 0 aliphatic carbocycles. The molecule has 24 heavy (non-hydrogen) atoms. The van der Waals surface area contributed by atoms with E-state index < -0.39 is 6.10 Å². The number of methoxy groups -OCH3 is 1. The first kappa shape index (κ1) is 18.6. The molecule has 2 rings (SSSR count). The number of halogens is 2. The Morgan fingerprint density at radius 3 is 2.58 bits per heavy atom. The maximum Gasteiger partial charge on any atom is 0.260 e. The van der Waals surface area contributed by atoms with Gasteiger partial charge in [-0.25, -0.2) is 0 Å². The molecule has 0 aliphatic heterocycles. The van der Waals surface area contributed by atoms with Gasteiger partial charge in [0.2, 0.25) is 0 Å². The van der Waals surface area contributed by atoms with E-state index in [1.54, 1.807) is 32.2 Å². The average Bonchev–Trinajstić information content (AvgIpc) is 2.57. The lowest BCUT2D eigenvalue weighted by Gasteiger charge is -2.16. The molecule has 0 heterocycles. The lowest BCUT2D eigenvalue weighted by atomic mass is 10.1. The van der Waals surface area contributed by atoms with Crippen LogP contribution in [0.2, 0.25) is 5.02 Å². The average molecular weight is 413 g/mol. The van der Waals surface area contributed by atoms with Gasteiger partial charge in [-0.2, -0.15) is 0 Å². The fourth-order valence-corrected chi connectivity index (χ4v) is 2.86. The van der Waals surface area contributed by atoms with E-state index in [-0.39, 0.29) is 5.91 Å². The van der Waals surface area contributed by atoms with E-state index in [4.69, 9.17) is 21.1 Å². The van der Waals surface area contributed by atoms with Crippen LogP contribution in [0.5, 0.6) is 11.5 Å². The molecule has 0 spiro atoms. The van der Waals surface area contributed by atoms with Crippen LogP contribution in [0.1, 0.15) is 12.5 Å². The van der Waals surface area contributed by atoms with Gasteiger partial charge in [-0.1, -0.05) is 23.7 Å². The third kappa shape index (κ3) is 5.42. The van der Waals surface area contributed by atoms with Crippen molar-refractivity contribution in [3.05, 3.63) is 57.5 Å². The molecule has 128 valence electrons. The van der Waals surface area contributed by atoms with E-state index in [1.165, 1.54) is 0 Å². The van der Waals surface area contributed by atoms with Crippen molar-refractivity contribution in [1.29, 1.82) is 0 Å². The Morgan fingerprint density at radius 1 is 1.25 bits per heavy atom. The second kappa shape index (κ2) is 8.94. The minimum absolute atomic E-state index is 0.162. The fourth-order valence-electron chi connectivity index (χ4n) is 2.08. The minimum Gasteiger partial charge on any atom is -0.497 e. The van der Waals surface area contributed by atoms with Gasteiger partial charge in [-0.15, -0.1) is 0 Å². The van der Waals surface area contributed by atoms with Crippen LogP contribution in [-0.4, -0.2) is 25.7 Å². The van der Waals surface area contributed by atoms with Gasteiger partial charge in [0.1, 0.15) is 11.5 Å². The van der Waals surface area contributed by atoms with E-state index in [9.17, 15) is 4.79 Å². The van der Waals surface area contributed by atoms with Gasteiger partial charge < -0.3 is 14.8 Å². The van der Waals surface area contributed by atoms with Gasteiger partial charge in [-0.3, -0.25) is 4.79 Å². The molecule has 0 fully saturated rings. The normalized spacial score (nSPS) is 11.7. The Bertz CT molecular complexity index is 691. The molecular weight excluding hydrogens is 394 g/mol. The first-order valence-corrected chi connectivity index (χ1v) is 8.69. The molecular formula is C18H19BrClNO3. The highest BCUT2D eigenvalue weighted by atomic mass is 79.9. The summed E-state index contributed by atoms with van der Waals surface area (Å²) in [6, 6.07) is 12.9. The summed E-state index contributed by atoms with van der Waals surface area (Å²) in [6.07, 6.45) is 0.144. The van der Waals surface area contributed by atoms with E-state index in [2.05, 4.69) is 21.2 Å². The van der Waals surface area contributed by atoms with Crippen molar-refractivity contribution in [2.45, 2.75) is 19.4 Å². The number of ether oxygens (including phenoxy) is 2. The van der Waals surface area contributed by atoms with Crippen LogP contribution in [-0.2, 0) is 11.2 Å². The molecule has 0 saturated heterocycles. The monoisotopic (exact) mass is 411 g/mol. The van der Waals surface area contributed by atoms with Gasteiger partial charge in [-0.05, 0) is 65.2 Å². The van der Waals surface area contributed by atoms with Crippen LogP contribution in [0.15, 0.2) is 46.9 Å². The number of amides is 1. The van der Waals surface area contributed by atoms with Crippen molar-refractivity contribution in [1.82, 2.24) is 5.32 Å². The second-order valence-electron chi connectivity index (χ2n) is 5.22. The molecule has 0 bridgehead atoms. The summed E-state index contributed by atoms with van der Waals surface area (Å²) in [5.74, 6) is 1.24. The SMILES string of the molecule is COc1ccc(CCNC(=O)C(C)Oc2ccc(Cl)cc2Br)cc1. The first-order valence-electron chi connectivity index (χ1n) is 7.52. The molecule has 6 heteroatoms. The topological polar surface area (TPSA) is 47.6 Å². The number of carbonyl (C=O) groups excluding carboxylic acids is 1. The van der Waals surface area contributed by atoms with Gasteiger partial charge in [0.15, 0.2) is 6.10 Å². The predicted octanol–water partition coefficient (Wildman–Crippen LogP) is 4.24. The molecule has 1 atom stereocenters. The van der Waals surface area contributed by atoms with Gasteiger partial charge >= 0.3 is 0 Å². The molecule has 0 saturated carbocycles. The first-order chi connectivity index (χ1) is 11.5. The summed E-state index contributed by atoms with van der Waals surface area (Å²) < 4.78 is 11.5. The Kier molecular flexibility index (Phi) is 6.94. The van der Waals surface area contributed by atoms with Gasteiger partial charge in [0, 0.05) is 11.6 Å². The van der Waals surface area contributed by atoms with E-state index in [0.717, 1.165) is 17.7 Å². The zero-order valence-electron chi connectivity index (χ0n) is 13.5. The smallest absolute Gasteiger partial charge is 0.260 e. The molecule has 0 radical (unpaired) electrons. The molecule has 2 aromatic carbocycles. The molecule has 1 N–H and O–H groups in total. The highest BCUT2D eigenvalue weighted by molar-refractivity contribution is 9.10. The number of hydrogen-bond acceptors (Lipinski definition) is 3. The van der Waals surface area contributed by atoms with Crippen LogP contribution in [0.4, 0.5) is 0 Å². The number of carbonyl (C=O) groups is 1. The van der Waals surface area contributed by atoms with Crippen molar-refractivity contribution in [2.24, 2.45) is 0 Å². The Balaban J connectivity index is 1.80. The van der Waals surface area contributed by atoms with Gasteiger partial charge in [0.05, 0.1) is 11.6 Å². The zero-order chi connectivity index (χ0) is 17.5. The van der Waals surface area contributed by atoms with Crippen LogP contribution >= 0.6 is 27.5 Å². The number of nitrogens with one attached hydrogen (secondary N) is 1. The van der Waals surface area contributed by atoms with Crippen molar-refractivity contribution in [3.63, 3.8) is 0 Å². The van der Waals surface area contributed by atoms with Crippen LogP contribution < -0.4 is 14.8 Å². The van der Waals surface area contributed by atoms with Crippen molar-refractivity contribution >= 4 is 33.4 Å². The van der Waals surface area contributed by atoms with E-state index in [0.29, 0.717) is 21.8 Å². The molecule has 1 unspecified atom stereocenters. The molecule has 4 nitrogen and oxygen atoms in total. The Labute approximate surface area is 155 Å².